The number of rotatable bonds is 9. The van der Waals surface area contributed by atoms with Crippen molar-refractivity contribution in [2.75, 3.05) is 39.3 Å². The van der Waals surface area contributed by atoms with Crippen LogP contribution in [0.2, 0.25) is 0 Å². The summed E-state index contributed by atoms with van der Waals surface area (Å²) < 4.78 is 38.7. The van der Waals surface area contributed by atoms with Crippen LogP contribution in [0.4, 0.5) is 10.1 Å². The second-order valence-corrected chi connectivity index (χ2v) is 11.7. The molecule has 1 spiro atoms. The number of aryl methyl sites for hydroxylation is 1. The molecule has 2 fully saturated rings. The molecule has 0 unspecified atom stereocenters. The highest BCUT2D eigenvalue weighted by Gasteiger charge is 2.49. The molecule has 2 aliphatic carbocycles. The van der Waals surface area contributed by atoms with Gasteiger partial charge in [0.2, 0.25) is 0 Å². The summed E-state index contributed by atoms with van der Waals surface area (Å²) in [6, 6.07) is 20.0. The molecule has 216 valence electrons. The van der Waals surface area contributed by atoms with Crippen LogP contribution < -0.4 is 14.4 Å². The Hall–Kier alpha value is -3.35. The van der Waals surface area contributed by atoms with E-state index in [9.17, 15) is 0 Å². The van der Waals surface area contributed by atoms with Crippen molar-refractivity contribution in [1.29, 1.82) is 0 Å². The summed E-state index contributed by atoms with van der Waals surface area (Å²) in [6.45, 7) is 2.21. The van der Waals surface area contributed by atoms with E-state index >= 15 is 4.39 Å². The second-order valence-electron chi connectivity index (χ2n) is 11.7. The fraction of sp³-hybridized carbons (Fsp3) is 0.429. The summed E-state index contributed by atoms with van der Waals surface area (Å²) in [5, 5.41) is 0. The lowest BCUT2D eigenvalue weighted by molar-refractivity contribution is -0.184. The first-order chi connectivity index (χ1) is 20.0. The molecule has 1 aliphatic heterocycles. The van der Waals surface area contributed by atoms with Gasteiger partial charge < -0.3 is 23.8 Å². The molecule has 0 atom stereocenters. The zero-order valence-corrected chi connectivity index (χ0v) is 24.3. The first-order valence-corrected chi connectivity index (χ1v) is 14.7. The Labute approximate surface area is 242 Å². The van der Waals surface area contributed by atoms with Gasteiger partial charge in [-0.05, 0) is 84.4 Å². The van der Waals surface area contributed by atoms with Gasteiger partial charge in [0.25, 0.3) is 0 Å². The summed E-state index contributed by atoms with van der Waals surface area (Å²) in [7, 11) is 5.10. The molecular formula is C35H40FNO4. The Morgan fingerprint density at radius 1 is 0.927 bits per heavy atom. The minimum atomic E-state index is -0.196. The third-order valence-corrected chi connectivity index (χ3v) is 9.34. The molecule has 3 aromatic rings. The minimum absolute atomic E-state index is 0.125. The topological polar surface area (TPSA) is 40.2 Å². The molecule has 5 nitrogen and oxygen atoms in total. The summed E-state index contributed by atoms with van der Waals surface area (Å²) in [5.74, 6) is 1.81. The van der Waals surface area contributed by atoms with E-state index in [2.05, 4.69) is 35.2 Å². The van der Waals surface area contributed by atoms with Crippen molar-refractivity contribution in [2.45, 2.75) is 51.4 Å². The van der Waals surface area contributed by atoms with Gasteiger partial charge in [-0.3, -0.25) is 0 Å². The molecule has 6 heteroatoms. The van der Waals surface area contributed by atoms with Crippen LogP contribution in [0.25, 0.3) is 5.57 Å². The van der Waals surface area contributed by atoms with Crippen LogP contribution in [-0.2, 0) is 22.5 Å². The number of anilines is 1. The maximum absolute atomic E-state index is 15.8. The Kier molecular flexibility index (Phi) is 8.05. The monoisotopic (exact) mass is 557 g/mol. The molecule has 1 saturated carbocycles. The van der Waals surface area contributed by atoms with Gasteiger partial charge in [0.05, 0.1) is 12.8 Å². The van der Waals surface area contributed by atoms with Gasteiger partial charge >= 0.3 is 0 Å². The lowest BCUT2D eigenvalue weighted by Crippen LogP contribution is -2.50. The lowest BCUT2D eigenvalue weighted by atomic mass is 9.57. The van der Waals surface area contributed by atoms with Gasteiger partial charge in [-0.2, -0.15) is 0 Å². The number of hydrogen-bond donors (Lipinski definition) is 0. The van der Waals surface area contributed by atoms with Crippen LogP contribution in [-0.4, -0.2) is 40.7 Å². The fourth-order valence-corrected chi connectivity index (χ4v) is 7.13. The lowest BCUT2D eigenvalue weighted by Gasteiger charge is -2.54. The van der Waals surface area contributed by atoms with Gasteiger partial charge in [-0.1, -0.05) is 42.5 Å². The minimum Gasteiger partial charge on any atom is -0.496 e. The van der Waals surface area contributed by atoms with E-state index < -0.39 is 0 Å². The molecule has 1 saturated heterocycles. The molecule has 3 aliphatic rings. The van der Waals surface area contributed by atoms with E-state index in [0.717, 1.165) is 79.6 Å². The number of benzene rings is 3. The number of nitrogens with zero attached hydrogens (tertiary/aromatic N) is 1. The fourth-order valence-electron chi connectivity index (χ4n) is 7.13. The number of allylic oxidation sites excluding steroid dienone is 1. The zero-order valence-electron chi connectivity index (χ0n) is 24.3. The van der Waals surface area contributed by atoms with Crippen LogP contribution >= 0.6 is 0 Å². The van der Waals surface area contributed by atoms with Crippen molar-refractivity contribution in [1.82, 2.24) is 0 Å². The second kappa shape index (κ2) is 11.9. The first-order valence-electron chi connectivity index (χ1n) is 14.7. The average Bonchev–Trinajstić information content (AvgIpc) is 3.00. The van der Waals surface area contributed by atoms with Crippen LogP contribution in [0.3, 0.4) is 0 Å². The average molecular weight is 558 g/mol. The molecule has 0 N–H and O–H groups in total. The predicted molar refractivity (Wildman–Crippen MR) is 160 cm³/mol. The van der Waals surface area contributed by atoms with E-state index in [1.807, 2.05) is 30.3 Å². The third kappa shape index (κ3) is 5.60. The van der Waals surface area contributed by atoms with Gasteiger partial charge in [-0.25, -0.2) is 4.39 Å². The van der Waals surface area contributed by atoms with Gasteiger partial charge in [0, 0.05) is 44.9 Å². The molecule has 1 heterocycles. The van der Waals surface area contributed by atoms with E-state index in [1.165, 1.54) is 5.56 Å². The van der Waals surface area contributed by atoms with Gasteiger partial charge in [-0.15, -0.1) is 0 Å². The summed E-state index contributed by atoms with van der Waals surface area (Å²) >= 11 is 0. The normalized spacial score (nSPS) is 18.2. The van der Waals surface area contributed by atoms with Crippen LogP contribution in [0.1, 0.15) is 54.4 Å². The molecule has 6 rings (SSSR count). The number of ether oxygens (including phenoxy) is 4. The summed E-state index contributed by atoms with van der Waals surface area (Å²) in [5.41, 5.74) is 6.24. The van der Waals surface area contributed by atoms with E-state index in [4.69, 9.17) is 18.9 Å². The largest absolute Gasteiger partial charge is 0.496 e. The predicted octanol–water partition coefficient (Wildman–Crippen LogP) is 7.41. The standard InChI is InChI=1S/C35H40FNO4/c1-38-33-20-32(37-16-14-35(15-17-37)21-26(22-35)34(39-2)40-3)31(36)19-30(33)29-11-7-10-25-18-27(12-13-28(25)29)41-23-24-8-5-4-6-9-24/h4-6,8-9,11-13,18-20,26,34H,7,10,14-17,21-23H2,1-3H3. The molecule has 3 aromatic carbocycles. The number of fused-ring (bicyclic) bond motifs is 1. The maximum atomic E-state index is 15.8. The van der Waals surface area contributed by atoms with Crippen molar-refractivity contribution in [3.8, 4) is 11.5 Å². The van der Waals surface area contributed by atoms with Crippen molar-refractivity contribution in [2.24, 2.45) is 11.3 Å². The first kappa shape index (κ1) is 27.8. The Morgan fingerprint density at radius 2 is 1.68 bits per heavy atom. The summed E-state index contributed by atoms with van der Waals surface area (Å²) in [4.78, 5) is 2.18. The molecule has 0 amide bonds. The van der Waals surface area contributed by atoms with E-state index in [-0.39, 0.29) is 12.1 Å². The molecular weight excluding hydrogens is 517 g/mol. The Balaban J connectivity index is 1.17. The number of methoxy groups -OCH3 is 3. The maximum Gasteiger partial charge on any atom is 0.159 e. The van der Waals surface area contributed by atoms with Crippen molar-refractivity contribution in [3.05, 3.63) is 94.8 Å². The van der Waals surface area contributed by atoms with Crippen molar-refractivity contribution >= 4 is 11.3 Å². The number of piperidine rings is 1. The van der Waals surface area contributed by atoms with Crippen molar-refractivity contribution in [3.63, 3.8) is 0 Å². The van der Waals surface area contributed by atoms with Crippen LogP contribution in [0.15, 0.2) is 66.7 Å². The molecule has 0 aromatic heterocycles. The highest BCUT2D eigenvalue weighted by atomic mass is 19.1. The summed E-state index contributed by atoms with van der Waals surface area (Å²) in [6.07, 6.45) is 8.24. The molecule has 0 bridgehead atoms. The van der Waals surface area contributed by atoms with Gasteiger partial charge in [0.15, 0.2) is 6.29 Å². The zero-order chi connectivity index (χ0) is 28.4. The quantitative estimate of drug-likeness (QED) is 0.256. The SMILES string of the molecule is COc1cc(N2CCC3(CC2)CC(C(OC)OC)C3)c(F)cc1C1=CCCc2cc(OCc3ccccc3)ccc21. The van der Waals surface area contributed by atoms with Crippen LogP contribution in [0, 0.1) is 17.2 Å². The Morgan fingerprint density at radius 3 is 2.39 bits per heavy atom. The highest BCUT2D eigenvalue weighted by Crippen LogP contribution is 2.54. The molecule has 0 radical (unpaired) electrons. The Bertz CT molecular complexity index is 1380. The molecule has 41 heavy (non-hydrogen) atoms. The number of halogens is 1. The number of hydrogen-bond acceptors (Lipinski definition) is 5. The van der Waals surface area contributed by atoms with Gasteiger partial charge in [0.1, 0.15) is 23.9 Å². The third-order valence-electron chi connectivity index (χ3n) is 9.34. The van der Waals surface area contributed by atoms with Crippen molar-refractivity contribution < 1.29 is 23.3 Å². The van der Waals surface area contributed by atoms with E-state index in [1.54, 1.807) is 27.4 Å². The van der Waals surface area contributed by atoms with E-state index in [0.29, 0.717) is 29.4 Å². The highest BCUT2D eigenvalue weighted by molar-refractivity contribution is 5.86. The smallest absolute Gasteiger partial charge is 0.159 e. The van der Waals surface area contributed by atoms with Crippen LogP contribution in [0.5, 0.6) is 11.5 Å².